The maximum atomic E-state index is 6.36. The van der Waals surface area contributed by atoms with E-state index in [-0.39, 0.29) is 0 Å². The predicted molar refractivity (Wildman–Crippen MR) is 307 cm³/mol. The summed E-state index contributed by atoms with van der Waals surface area (Å²) < 4.78 is 8.77. The zero-order chi connectivity index (χ0) is 48.5. The maximum absolute atomic E-state index is 6.36. The van der Waals surface area contributed by atoms with E-state index >= 15 is 0 Å². The van der Waals surface area contributed by atoms with Crippen molar-refractivity contribution in [3.05, 3.63) is 289 Å². The van der Waals surface area contributed by atoms with Crippen LogP contribution in [0, 0.1) is 0 Å². The minimum absolute atomic E-state index is 0.458. The molecular formula is C71H44N2O. The SMILES string of the molecule is c1ccc(N(c2ccc3c(c2)C2(c4ccccc4-c4ccccc42)c2ccccc2-3)c2ccc3ccccc3c2)c(-c2ccc(-c3ccc4c(c3)c3ccccc3n4-c3cccc4oc5ccccc5c34)cc2)c1. The molecule has 0 atom stereocenters. The minimum Gasteiger partial charge on any atom is -0.456 e. The average molecular weight is 941 g/mol. The molecule has 0 radical (unpaired) electrons. The number of benzene rings is 12. The Labute approximate surface area is 428 Å². The Hall–Kier alpha value is -9.70. The number of anilines is 3. The van der Waals surface area contributed by atoms with Crippen LogP contribution >= 0.6 is 0 Å². The van der Waals surface area contributed by atoms with Gasteiger partial charge in [-0.15, -0.1) is 0 Å². The van der Waals surface area contributed by atoms with Crippen molar-refractivity contribution in [2.75, 3.05) is 4.90 Å². The number of rotatable bonds is 6. The number of furan rings is 1. The van der Waals surface area contributed by atoms with Gasteiger partial charge in [-0.25, -0.2) is 0 Å². The molecule has 2 heterocycles. The first-order chi connectivity index (χ1) is 36.7. The van der Waals surface area contributed by atoms with Gasteiger partial charge in [0, 0.05) is 33.1 Å². The fraction of sp³-hybridized carbons (Fsp3) is 0.0141. The van der Waals surface area contributed by atoms with Crippen LogP contribution in [0.15, 0.2) is 271 Å². The van der Waals surface area contributed by atoms with Gasteiger partial charge in [-0.2, -0.15) is 0 Å². The Balaban J connectivity index is 0.839. The van der Waals surface area contributed by atoms with E-state index in [0.29, 0.717) is 0 Å². The van der Waals surface area contributed by atoms with E-state index in [1.165, 1.54) is 82.7 Å². The van der Waals surface area contributed by atoms with E-state index in [0.717, 1.165) is 61.3 Å². The molecule has 74 heavy (non-hydrogen) atoms. The third-order valence-corrected chi connectivity index (χ3v) is 16.2. The first-order valence-electron chi connectivity index (χ1n) is 25.6. The second kappa shape index (κ2) is 15.6. The molecule has 2 aromatic heterocycles. The topological polar surface area (TPSA) is 21.3 Å². The Kier molecular flexibility index (Phi) is 8.66. The highest BCUT2D eigenvalue weighted by atomic mass is 16.3. The number of hydrogen-bond donors (Lipinski definition) is 0. The molecule has 3 heteroatoms. The van der Waals surface area contributed by atoms with Gasteiger partial charge in [-0.1, -0.05) is 200 Å². The van der Waals surface area contributed by atoms with Crippen molar-refractivity contribution in [3.8, 4) is 50.2 Å². The fourth-order valence-electron chi connectivity index (χ4n) is 13.1. The van der Waals surface area contributed by atoms with E-state index in [2.05, 4.69) is 270 Å². The second-order valence-electron chi connectivity index (χ2n) is 19.9. The van der Waals surface area contributed by atoms with E-state index in [1.807, 2.05) is 6.07 Å². The van der Waals surface area contributed by atoms with Crippen LogP contribution in [0.1, 0.15) is 22.3 Å². The van der Waals surface area contributed by atoms with Crippen LogP contribution in [0.25, 0.3) is 105 Å². The van der Waals surface area contributed by atoms with Gasteiger partial charge < -0.3 is 13.9 Å². The standard InChI is InChI=1S/C71H44N2O/c1-2-17-48-42-50(38-36-45(48)16-1)72(51-39-40-56-55-21-5-11-26-62(55)71(63(56)44-51)60-24-9-3-19-53(60)54-20-4-10-25-61(54)71)64-27-12-6-18-52(64)47-34-32-46(33-35-47)49-37-41-66-59(43-49)57-22-7-13-28-65(57)73(66)67-29-15-31-69-70(67)58-23-8-14-30-68(58)74-69/h1-44H. The Morgan fingerprint density at radius 3 is 1.65 bits per heavy atom. The lowest BCUT2D eigenvalue weighted by Gasteiger charge is -2.32. The van der Waals surface area contributed by atoms with Crippen LogP contribution in [0.5, 0.6) is 0 Å². The van der Waals surface area contributed by atoms with E-state index in [4.69, 9.17) is 4.42 Å². The summed E-state index contributed by atoms with van der Waals surface area (Å²) in [5.41, 5.74) is 23.3. The molecule has 16 rings (SSSR count). The van der Waals surface area contributed by atoms with Crippen molar-refractivity contribution in [3.63, 3.8) is 0 Å². The number of aromatic nitrogens is 1. The van der Waals surface area contributed by atoms with Gasteiger partial charge in [0.2, 0.25) is 0 Å². The van der Waals surface area contributed by atoms with Crippen molar-refractivity contribution in [1.29, 1.82) is 0 Å². The van der Waals surface area contributed by atoms with Crippen molar-refractivity contribution in [2.45, 2.75) is 5.41 Å². The smallest absolute Gasteiger partial charge is 0.137 e. The van der Waals surface area contributed by atoms with Gasteiger partial charge in [-0.05, 0) is 139 Å². The third kappa shape index (κ3) is 5.72. The van der Waals surface area contributed by atoms with E-state index in [9.17, 15) is 0 Å². The summed E-state index contributed by atoms with van der Waals surface area (Å²) in [7, 11) is 0. The lowest BCUT2D eigenvalue weighted by atomic mass is 9.70. The van der Waals surface area contributed by atoms with Crippen LogP contribution in [-0.4, -0.2) is 4.57 Å². The van der Waals surface area contributed by atoms with Crippen LogP contribution in [-0.2, 0) is 5.41 Å². The number of hydrogen-bond acceptors (Lipinski definition) is 2. The lowest BCUT2D eigenvalue weighted by molar-refractivity contribution is 0.669. The van der Waals surface area contributed by atoms with Crippen molar-refractivity contribution < 1.29 is 4.42 Å². The summed E-state index contributed by atoms with van der Waals surface area (Å²) in [6.45, 7) is 0. The minimum atomic E-state index is -0.458. The van der Waals surface area contributed by atoms with Gasteiger partial charge >= 0.3 is 0 Å². The number of para-hydroxylation sites is 3. The Bertz CT molecular complexity index is 4560. The Morgan fingerprint density at radius 2 is 0.878 bits per heavy atom. The fourth-order valence-corrected chi connectivity index (χ4v) is 13.1. The van der Waals surface area contributed by atoms with Crippen LogP contribution in [0.2, 0.25) is 0 Å². The van der Waals surface area contributed by atoms with Gasteiger partial charge in [0.15, 0.2) is 0 Å². The summed E-state index contributed by atoms with van der Waals surface area (Å²) >= 11 is 0. The summed E-state index contributed by atoms with van der Waals surface area (Å²) in [5.74, 6) is 0. The van der Waals surface area contributed by atoms with Crippen molar-refractivity contribution >= 4 is 71.6 Å². The zero-order valence-electron chi connectivity index (χ0n) is 40.2. The molecule has 344 valence electrons. The van der Waals surface area contributed by atoms with E-state index in [1.54, 1.807) is 0 Å². The third-order valence-electron chi connectivity index (χ3n) is 16.2. The van der Waals surface area contributed by atoms with Crippen LogP contribution < -0.4 is 4.90 Å². The molecule has 1 spiro atoms. The van der Waals surface area contributed by atoms with Crippen LogP contribution in [0.4, 0.5) is 17.1 Å². The molecule has 3 nitrogen and oxygen atoms in total. The summed E-state index contributed by atoms with van der Waals surface area (Å²) in [4.78, 5) is 2.48. The maximum Gasteiger partial charge on any atom is 0.137 e. The van der Waals surface area contributed by atoms with E-state index < -0.39 is 5.41 Å². The van der Waals surface area contributed by atoms with Gasteiger partial charge in [0.05, 0.1) is 33.2 Å². The average Bonchev–Trinajstić information content (AvgIpc) is 4.21. The predicted octanol–water partition coefficient (Wildman–Crippen LogP) is 19.0. The van der Waals surface area contributed by atoms with Crippen molar-refractivity contribution in [2.24, 2.45) is 0 Å². The summed E-state index contributed by atoms with van der Waals surface area (Å²) in [5, 5.41) is 7.10. The number of fused-ring (bicyclic) bond motifs is 17. The highest BCUT2D eigenvalue weighted by molar-refractivity contribution is 6.15. The molecule has 0 aliphatic heterocycles. The van der Waals surface area contributed by atoms with Gasteiger partial charge in [-0.3, -0.25) is 0 Å². The highest BCUT2D eigenvalue weighted by Crippen LogP contribution is 2.63. The Morgan fingerprint density at radius 1 is 0.324 bits per heavy atom. The van der Waals surface area contributed by atoms with Crippen molar-refractivity contribution in [1.82, 2.24) is 4.57 Å². The second-order valence-corrected chi connectivity index (χ2v) is 19.9. The molecule has 12 aromatic carbocycles. The molecule has 0 N–H and O–H groups in total. The first-order valence-corrected chi connectivity index (χ1v) is 25.6. The quantitative estimate of drug-likeness (QED) is 0.166. The molecule has 0 saturated carbocycles. The van der Waals surface area contributed by atoms with Gasteiger partial charge in [0.1, 0.15) is 11.2 Å². The molecule has 0 saturated heterocycles. The summed E-state index contributed by atoms with van der Waals surface area (Å²) in [6, 6.07) is 98.5. The largest absolute Gasteiger partial charge is 0.456 e. The van der Waals surface area contributed by atoms with Gasteiger partial charge in [0.25, 0.3) is 0 Å². The molecule has 0 amide bonds. The van der Waals surface area contributed by atoms with Crippen LogP contribution in [0.3, 0.4) is 0 Å². The lowest BCUT2D eigenvalue weighted by Crippen LogP contribution is -2.26. The molecule has 0 unspecified atom stereocenters. The molecule has 14 aromatic rings. The molecule has 2 aliphatic carbocycles. The first kappa shape index (κ1) is 41.0. The number of nitrogens with zero attached hydrogens (tertiary/aromatic N) is 2. The highest BCUT2D eigenvalue weighted by Gasteiger charge is 2.51. The molecular weight excluding hydrogens is 897 g/mol. The zero-order valence-corrected chi connectivity index (χ0v) is 40.2. The molecule has 2 aliphatic rings. The molecule has 0 fully saturated rings. The molecule has 0 bridgehead atoms. The monoisotopic (exact) mass is 940 g/mol. The summed E-state index contributed by atoms with van der Waals surface area (Å²) in [6.07, 6.45) is 0. The normalized spacial score (nSPS) is 13.0.